The maximum atomic E-state index is 13.1. The van der Waals surface area contributed by atoms with Gasteiger partial charge in [-0.05, 0) is 42.3 Å². The van der Waals surface area contributed by atoms with Crippen LogP contribution in [0, 0.1) is 5.82 Å². The highest BCUT2D eigenvalue weighted by Crippen LogP contribution is 2.18. The van der Waals surface area contributed by atoms with E-state index in [1.807, 2.05) is 24.1 Å². The minimum atomic E-state index is -0.524. The Labute approximate surface area is 112 Å². The Kier molecular flexibility index (Phi) is 4.12. The molecule has 0 amide bonds. The summed E-state index contributed by atoms with van der Waals surface area (Å²) in [6, 6.07) is 10.1. The van der Waals surface area contributed by atoms with Crippen LogP contribution in [0.1, 0.15) is 24.2 Å². The molecule has 0 fully saturated rings. The zero-order chi connectivity index (χ0) is 13.8. The van der Waals surface area contributed by atoms with Crippen molar-refractivity contribution in [3.63, 3.8) is 0 Å². The van der Waals surface area contributed by atoms with Crippen LogP contribution in [0.15, 0.2) is 42.6 Å². The van der Waals surface area contributed by atoms with Crippen molar-refractivity contribution in [2.75, 3.05) is 11.9 Å². The third-order valence-corrected chi connectivity index (χ3v) is 2.95. The summed E-state index contributed by atoms with van der Waals surface area (Å²) in [4.78, 5) is 6.18. The Hall–Kier alpha value is -1.94. The Balaban J connectivity index is 2.15. The molecule has 19 heavy (non-hydrogen) atoms. The van der Waals surface area contributed by atoms with E-state index in [0.29, 0.717) is 6.54 Å². The lowest BCUT2D eigenvalue weighted by Crippen LogP contribution is -2.18. The number of aliphatic hydroxyl groups is 1. The molecule has 3 nitrogen and oxygen atoms in total. The molecule has 2 aromatic rings. The first-order valence-corrected chi connectivity index (χ1v) is 6.16. The van der Waals surface area contributed by atoms with Gasteiger partial charge in [-0.2, -0.15) is 0 Å². The predicted molar refractivity (Wildman–Crippen MR) is 73.4 cm³/mol. The first-order chi connectivity index (χ1) is 9.06. The van der Waals surface area contributed by atoms with Crippen molar-refractivity contribution in [2.45, 2.75) is 19.6 Å². The molecule has 0 spiro atoms. The molecule has 0 bridgehead atoms. The fourth-order valence-electron chi connectivity index (χ4n) is 1.89. The zero-order valence-corrected chi connectivity index (χ0v) is 11.0. The second-order valence-electron chi connectivity index (χ2n) is 4.61. The van der Waals surface area contributed by atoms with Crippen LogP contribution in [0.2, 0.25) is 0 Å². The molecule has 100 valence electrons. The molecule has 0 radical (unpaired) electrons. The number of aromatic nitrogens is 1. The van der Waals surface area contributed by atoms with Gasteiger partial charge in [0.2, 0.25) is 0 Å². The van der Waals surface area contributed by atoms with Crippen molar-refractivity contribution < 1.29 is 9.50 Å². The van der Waals surface area contributed by atoms with Gasteiger partial charge in [0.05, 0.1) is 6.10 Å². The van der Waals surface area contributed by atoms with Crippen molar-refractivity contribution >= 4 is 5.82 Å². The zero-order valence-electron chi connectivity index (χ0n) is 11.0. The second kappa shape index (κ2) is 5.80. The van der Waals surface area contributed by atoms with Gasteiger partial charge in [-0.3, -0.25) is 0 Å². The van der Waals surface area contributed by atoms with E-state index >= 15 is 0 Å². The van der Waals surface area contributed by atoms with Crippen molar-refractivity contribution in [1.29, 1.82) is 0 Å². The van der Waals surface area contributed by atoms with E-state index in [-0.39, 0.29) is 5.82 Å². The molecule has 0 unspecified atom stereocenters. The third kappa shape index (κ3) is 3.51. The number of rotatable bonds is 4. The Morgan fingerprint density at radius 2 is 2.11 bits per heavy atom. The SMILES string of the molecule is C[C@H](O)c1ccnc(N(C)Cc2cccc(F)c2)c1. The van der Waals surface area contributed by atoms with E-state index in [9.17, 15) is 9.50 Å². The van der Waals surface area contributed by atoms with E-state index in [1.165, 1.54) is 12.1 Å². The average molecular weight is 260 g/mol. The number of benzene rings is 1. The average Bonchev–Trinajstić information content (AvgIpc) is 2.39. The molecular weight excluding hydrogens is 243 g/mol. The maximum absolute atomic E-state index is 13.1. The number of pyridine rings is 1. The molecule has 0 aliphatic carbocycles. The number of nitrogens with zero attached hydrogens (tertiary/aromatic N) is 2. The number of aliphatic hydroxyl groups excluding tert-OH is 1. The van der Waals surface area contributed by atoms with Gasteiger partial charge in [-0.1, -0.05) is 12.1 Å². The van der Waals surface area contributed by atoms with Gasteiger partial charge in [0.1, 0.15) is 11.6 Å². The highest BCUT2D eigenvalue weighted by molar-refractivity contribution is 5.41. The highest BCUT2D eigenvalue weighted by atomic mass is 19.1. The normalized spacial score (nSPS) is 12.2. The lowest BCUT2D eigenvalue weighted by Gasteiger charge is -2.19. The minimum absolute atomic E-state index is 0.239. The standard InChI is InChI=1S/C15H17FN2O/c1-11(19)13-6-7-17-15(9-13)18(2)10-12-4-3-5-14(16)8-12/h3-9,11,19H,10H2,1-2H3/t11-/m0/s1. The van der Waals surface area contributed by atoms with Crippen molar-refractivity contribution in [3.8, 4) is 0 Å². The number of anilines is 1. The summed E-state index contributed by atoms with van der Waals surface area (Å²) < 4.78 is 13.1. The smallest absolute Gasteiger partial charge is 0.128 e. The summed E-state index contributed by atoms with van der Waals surface area (Å²) in [6.45, 7) is 2.28. The van der Waals surface area contributed by atoms with Crippen LogP contribution < -0.4 is 4.90 Å². The summed E-state index contributed by atoms with van der Waals surface area (Å²) in [7, 11) is 1.89. The quantitative estimate of drug-likeness (QED) is 0.918. The summed E-state index contributed by atoms with van der Waals surface area (Å²) >= 11 is 0. The van der Waals surface area contributed by atoms with Gasteiger partial charge in [0.25, 0.3) is 0 Å². The van der Waals surface area contributed by atoms with E-state index in [0.717, 1.165) is 16.9 Å². The second-order valence-corrected chi connectivity index (χ2v) is 4.61. The van der Waals surface area contributed by atoms with E-state index in [2.05, 4.69) is 4.98 Å². The molecule has 1 heterocycles. The van der Waals surface area contributed by atoms with Crippen LogP contribution in [-0.4, -0.2) is 17.1 Å². The molecular formula is C15H17FN2O. The van der Waals surface area contributed by atoms with Crippen molar-refractivity contribution in [3.05, 3.63) is 59.5 Å². The topological polar surface area (TPSA) is 36.4 Å². The lowest BCUT2D eigenvalue weighted by molar-refractivity contribution is 0.199. The number of hydrogen-bond donors (Lipinski definition) is 1. The van der Waals surface area contributed by atoms with Crippen LogP contribution >= 0.6 is 0 Å². The molecule has 0 saturated carbocycles. The van der Waals surface area contributed by atoms with Gasteiger partial charge in [-0.25, -0.2) is 9.37 Å². The van der Waals surface area contributed by atoms with Gasteiger partial charge >= 0.3 is 0 Å². The van der Waals surface area contributed by atoms with Crippen LogP contribution in [-0.2, 0) is 6.54 Å². The van der Waals surface area contributed by atoms with Gasteiger partial charge in [0.15, 0.2) is 0 Å². The van der Waals surface area contributed by atoms with Crippen LogP contribution in [0.5, 0.6) is 0 Å². The minimum Gasteiger partial charge on any atom is -0.389 e. The van der Waals surface area contributed by atoms with Crippen molar-refractivity contribution in [1.82, 2.24) is 4.98 Å². The molecule has 2 rings (SSSR count). The summed E-state index contributed by atoms with van der Waals surface area (Å²) in [5.41, 5.74) is 1.70. The molecule has 4 heteroatoms. The number of hydrogen-bond acceptors (Lipinski definition) is 3. The summed E-state index contributed by atoms with van der Waals surface area (Å²) in [6.07, 6.45) is 1.14. The first kappa shape index (κ1) is 13.5. The summed E-state index contributed by atoms with van der Waals surface area (Å²) in [5, 5.41) is 9.56. The lowest BCUT2D eigenvalue weighted by atomic mass is 10.1. The Morgan fingerprint density at radius 1 is 1.32 bits per heavy atom. The monoisotopic (exact) mass is 260 g/mol. The van der Waals surface area contributed by atoms with Gasteiger partial charge < -0.3 is 10.0 Å². The third-order valence-electron chi connectivity index (χ3n) is 2.95. The van der Waals surface area contributed by atoms with Crippen molar-refractivity contribution in [2.24, 2.45) is 0 Å². The highest BCUT2D eigenvalue weighted by Gasteiger charge is 2.07. The van der Waals surface area contributed by atoms with Gasteiger partial charge in [0, 0.05) is 19.8 Å². The number of halogens is 1. The molecule has 0 saturated heterocycles. The van der Waals surface area contributed by atoms with Crippen LogP contribution in [0.4, 0.5) is 10.2 Å². The summed E-state index contributed by atoms with van der Waals surface area (Å²) in [5.74, 6) is 0.513. The fourth-order valence-corrected chi connectivity index (χ4v) is 1.89. The predicted octanol–water partition coefficient (Wildman–Crippen LogP) is 2.91. The van der Waals surface area contributed by atoms with E-state index in [4.69, 9.17) is 0 Å². The van der Waals surface area contributed by atoms with Crippen LogP contribution in [0.25, 0.3) is 0 Å². The van der Waals surface area contributed by atoms with Gasteiger partial charge in [-0.15, -0.1) is 0 Å². The van der Waals surface area contributed by atoms with E-state index < -0.39 is 6.10 Å². The fraction of sp³-hybridized carbons (Fsp3) is 0.267. The van der Waals surface area contributed by atoms with Crippen LogP contribution in [0.3, 0.4) is 0 Å². The molecule has 0 aliphatic rings. The van der Waals surface area contributed by atoms with E-state index in [1.54, 1.807) is 25.3 Å². The largest absolute Gasteiger partial charge is 0.389 e. The molecule has 0 aliphatic heterocycles. The first-order valence-electron chi connectivity index (χ1n) is 6.16. The Bertz CT molecular complexity index is 557. The molecule has 1 aromatic carbocycles. The molecule has 1 atom stereocenters. The molecule has 1 N–H and O–H groups in total. The molecule has 1 aromatic heterocycles. The maximum Gasteiger partial charge on any atom is 0.128 e. The Morgan fingerprint density at radius 3 is 2.79 bits per heavy atom.